The first-order valence-electron chi connectivity index (χ1n) is 21.2. The Labute approximate surface area is 370 Å². The van der Waals surface area contributed by atoms with Crippen molar-refractivity contribution in [2.75, 3.05) is 55.7 Å². The molecule has 2 N–H and O–H groups in total. The first-order chi connectivity index (χ1) is 30.8. The van der Waals surface area contributed by atoms with Crippen LogP contribution in [0.4, 0.5) is 0 Å². The number of aromatic nitrogens is 6. The van der Waals surface area contributed by atoms with Crippen LogP contribution in [0.15, 0.2) is 49.1 Å². The number of hydrogen-bond donors (Lipinski definition) is 2. The maximum Gasteiger partial charge on any atom is 0.203 e. The number of benzene rings is 2. The number of aromatic amines is 2. The van der Waals surface area contributed by atoms with Gasteiger partial charge in [-0.15, -0.1) is 0 Å². The van der Waals surface area contributed by atoms with Crippen LogP contribution in [0, 0.1) is 0 Å². The molecule has 0 bridgehead atoms. The third-order valence-corrected chi connectivity index (χ3v) is 13.3. The van der Waals surface area contributed by atoms with Gasteiger partial charge in [-0.2, -0.15) is 0 Å². The molecule has 2 saturated heterocycles. The minimum atomic E-state index is -1.02. The Morgan fingerprint density at radius 1 is 0.594 bits per heavy atom. The molecule has 0 radical (unpaired) electrons. The molecule has 6 heterocycles. The minimum Gasteiger partial charge on any atom is -0.493 e. The van der Waals surface area contributed by atoms with Crippen LogP contribution in [0.1, 0.15) is 74.1 Å². The number of rotatable bonds is 16. The topological polar surface area (TPSA) is 196 Å². The van der Waals surface area contributed by atoms with Crippen LogP contribution in [0.3, 0.4) is 0 Å². The Bertz CT molecular complexity index is 2550. The van der Waals surface area contributed by atoms with E-state index in [9.17, 15) is 14.4 Å². The first kappa shape index (κ1) is 44.0. The van der Waals surface area contributed by atoms with Crippen molar-refractivity contribution in [1.29, 1.82) is 0 Å². The first-order valence-corrected chi connectivity index (χ1v) is 21.2. The van der Waals surface area contributed by atoms with Crippen molar-refractivity contribution in [2.45, 2.75) is 76.5 Å². The fraction of sp³-hybridized carbons (Fsp3) is 0.426. The zero-order valence-electron chi connectivity index (χ0n) is 37.9. The summed E-state index contributed by atoms with van der Waals surface area (Å²) in [4.78, 5) is 73.6. The van der Waals surface area contributed by atoms with Crippen LogP contribution in [-0.2, 0) is 4.79 Å². The summed E-state index contributed by atoms with van der Waals surface area (Å²) in [6, 6.07) is 5.84. The number of carbonyl (C=O) groups excluding carboxylic acids is 3. The van der Waals surface area contributed by atoms with Gasteiger partial charge in [-0.25, -0.2) is 19.9 Å². The lowest BCUT2D eigenvalue weighted by Crippen LogP contribution is -2.60. The summed E-state index contributed by atoms with van der Waals surface area (Å²) >= 11 is 0. The molecule has 336 valence electrons. The Morgan fingerprint density at radius 2 is 0.953 bits per heavy atom. The Balaban J connectivity index is 1.04. The summed E-state index contributed by atoms with van der Waals surface area (Å²) in [5.74, 6) is 2.33. The fourth-order valence-corrected chi connectivity index (χ4v) is 9.80. The molecule has 17 nitrogen and oxygen atoms in total. The van der Waals surface area contributed by atoms with Gasteiger partial charge in [0.2, 0.25) is 11.5 Å². The quantitative estimate of drug-likeness (QED) is 0.0970. The van der Waals surface area contributed by atoms with Crippen molar-refractivity contribution in [1.82, 2.24) is 39.7 Å². The molecular formula is C47H54N8O9. The fourth-order valence-electron chi connectivity index (χ4n) is 9.80. The molecular weight excluding hydrogens is 821 g/mol. The molecule has 0 spiro atoms. The number of H-pyrrole nitrogens is 2. The summed E-state index contributed by atoms with van der Waals surface area (Å²) in [5, 5.41) is 0. The molecule has 0 saturated carbocycles. The van der Waals surface area contributed by atoms with E-state index < -0.39 is 23.2 Å². The second-order valence-electron chi connectivity index (χ2n) is 16.7. The predicted octanol–water partition coefficient (Wildman–Crippen LogP) is 6.74. The maximum atomic E-state index is 14.8. The summed E-state index contributed by atoms with van der Waals surface area (Å²) < 4.78 is 33.3. The molecule has 8 rings (SSSR count). The number of hydrogen-bond acceptors (Lipinski definition) is 15. The molecule has 64 heavy (non-hydrogen) atoms. The SMILES string of the molecule is COc1cc(-c2cnc3[nH]cc(C(=O)C4(C)CCCN4C(C)C(=O)C(C)N4CCCC4(C)C(=O)c4c[nH]c5ncc(-c6cc(OC)c(OC)c(OC)c6)nc45)c3n2)cc(OC)c1OC. The average molecular weight is 875 g/mol. The third-order valence-electron chi connectivity index (χ3n) is 13.3. The monoisotopic (exact) mass is 874 g/mol. The number of Topliss-reactive ketones (excluding diaryl/α,β-unsaturated/α-hetero) is 3. The molecule has 2 aliphatic heterocycles. The molecule has 2 fully saturated rings. The van der Waals surface area contributed by atoms with E-state index in [1.807, 2.05) is 37.5 Å². The normalized spacial score (nSPS) is 20.0. The van der Waals surface area contributed by atoms with E-state index in [1.165, 1.54) is 14.2 Å². The van der Waals surface area contributed by atoms with Gasteiger partial charge in [0.25, 0.3) is 0 Å². The zero-order chi connectivity index (χ0) is 45.7. The van der Waals surface area contributed by atoms with E-state index in [0.717, 1.165) is 12.8 Å². The molecule has 2 aromatic carbocycles. The van der Waals surface area contributed by atoms with Crippen molar-refractivity contribution in [3.63, 3.8) is 0 Å². The lowest BCUT2D eigenvalue weighted by Gasteiger charge is -2.42. The van der Waals surface area contributed by atoms with Gasteiger partial charge in [0.05, 0.1) is 101 Å². The second-order valence-corrected chi connectivity index (χ2v) is 16.7. The Kier molecular flexibility index (Phi) is 11.8. The van der Waals surface area contributed by atoms with Gasteiger partial charge in [0, 0.05) is 23.5 Å². The number of nitrogens with zero attached hydrogens (tertiary/aromatic N) is 6. The molecule has 4 unspecified atom stereocenters. The van der Waals surface area contributed by atoms with Crippen molar-refractivity contribution >= 4 is 39.7 Å². The Hall–Kier alpha value is -6.59. The van der Waals surface area contributed by atoms with Gasteiger partial charge >= 0.3 is 0 Å². The summed E-state index contributed by atoms with van der Waals surface area (Å²) in [7, 11) is 9.24. The number of fused-ring (bicyclic) bond motifs is 2. The number of ether oxygens (including phenoxy) is 6. The summed E-state index contributed by atoms with van der Waals surface area (Å²) in [6.07, 6.45) is 9.07. The largest absolute Gasteiger partial charge is 0.493 e. The van der Waals surface area contributed by atoms with Gasteiger partial charge in [-0.3, -0.25) is 24.2 Å². The van der Waals surface area contributed by atoms with Gasteiger partial charge in [-0.05, 0) is 90.7 Å². The van der Waals surface area contributed by atoms with Crippen molar-refractivity contribution < 1.29 is 42.8 Å². The van der Waals surface area contributed by atoms with Crippen molar-refractivity contribution in [3.05, 3.63) is 60.2 Å². The lowest BCUT2D eigenvalue weighted by atomic mass is 9.86. The van der Waals surface area contributed by atoms with Crippen LogP contribution in [0.25, 0.3) is 44.8 Å². The highest BCUT2D eigenvalue weighted by atomic mass is 16.5. The molecule has 0 aliphatic carbocycles. The smallest absolute Gasteiger partial charge is 0.203 e. The van der Waals surface area contributed by atoms with Gasteiger partial charge in [0.1, 0.15) is 11.0 Å². The van der Waals surface area contributed by atoms with Crippen LogP contribution >= 0.6 is 0 Å². The van der Waals surface area contributed by atoms with E-state index in [4.69, 9.17) is 38.4 Å². The highest BCUT2D eigenvalue weighted by Crippen LogP contribution is 2.44. The average Bonchev–Trinajstić information content (AvgIpc) is 4.14. The maximum absolute atomic E-state index is 14.8. The van der Waals surface area contributed by atoms with E-state index in [1.54, 1.807) is 77.5 Å². The third kappa shape index (κ3) is 7.16. The summed E-state index contributed by atoms with van der Waals surface area (Å²) in [5.41, 5.74) is 2.82. The second kappa shape index (κ2) is 17.2. The van der Waals surface area contributed by atoms with Gasteiger partial charge in [0.15, 0.2) is 51.6 Å². The van der Waals surface area contributed by atoms with E-state index in [2.05, 4.69) is 19.9 Å². The van der Waals surface area contributed by atoms with E-state index in [-0.39, 0.29) is 17.3 Å². The highest BCUT2D eigenvalue weighted by molar-refractivity contribution is 6.12. The minimum absolute atomic E-state index is 0.0753. The lowest BCUT2D eigenvalue weighted by molar-refractivity contribution is -0.130. The van der Waals surface area contributed by atoms with E-state index >= 15 is 0 Å². The number of carbonyl (C=O) groups is 3. The molecule has 4 aromatic heterocycles. The van der Waals surface area contributed by atoms with Crippen LogP contribution in [0.2, 0.25) is 0 Å². The van der Waals surface area contributed by atoms with Crippen LogP contribution in [-0.4, -0.2) is 136 Å². The van der Waals surface area contributed by atoms with Crippen LogP contribution < -0.4 is 28.4 Å². The molecule has 2 aliphatic rings. The van der Waals surface area contributed by atoms with Crippen molar-refractivity contribution in [3.8, 4) is 57.0 Å². The molecule has 0 amide bonds. The molecule has 17 heteroatoms. The highest BCUT2D eigenvalue weighted by Gasteiger charge is 2.51. The number of nitrogens with one attached hydrogen (secondary N) is 2. The van der Waals surface area contributed by atoms with E-state index in [0.29, 0.717) is 116 Å². The number of likely N-dealkylation sites (tertiary alicyclic amines) is 2. The Morgan fingerprint density at radius 3 is 1.28 bits per heavy atom. The predicted molar refractivity (Wildman–Crippen MR) is 239 cm³/mol. The summed E-state index contributed by atoms with van der Waals surface area (Å²) in [6.45, 7) is 8.63. The number of ketones is 3. The number of methoxy groups -OCH3 is 6. The van der Waals surface area contributed by atoms with Crippen molar-refractivity contribution in [2.24, 2.45) is 0 Å². The molecule has 6 aromatic rings. The standard InChI is InChI=1S/C47H54N8O9/c1-25(54-15-11-13-46(54,3)42(57)29-21-48-44-37(29)52-31(23-50-44)27-17-33(59-5)40(63-9)34(18-27)60-6)39(56)26(2)55-16-12-14-47(55,4)43(58)30-22-49-45-38(30)53-32(24-51-45)28-19-35(61-7)41(64-10)36(20-28)62-8/h17-26H,11-16H2,1-10H3,(H,48,50)(H,49,51). The van der Waals surface area contributed by atoms with Gasteiger partial charge in [-0.1, -0.05) is 0 Å². The molecule has 4 atom stereocenters. The van der Waals surface area contributed by atoms with Crippen LogP contribution in [0.5, 0.6) is 34.5 Å². The zero-order valence-corrected chi connectivity index (χ0v) is 37.9. The van der Waals surface area contributed by atoms with Gasteiger partial charge < -0.3 is 38.4 Å².